The summed E-state index contributed by atoms with van der Waals surface area (Å²) < 4.78 is 0. The van der Waals surface area contributed by atoms with Gasteiger partial charge in [0.05, 0.1) is 0 Å². The molecule has 0 heterocycles. The van der Waals surface area contributed by atoms with E-state index in [1.165, 1.54) is 22.3 Å². The Balaban J connectivity index is 1.57. The van der Waals surface area contributed by atoms with Crippen LogP contribution in [0.4, 0.5) is 0 Å². The normalized spacial score (nSPS) is 12.7. The standard InChI is InChI=1S/C32H26O2/c33-29-19-15-27(16-20-29)31(23-7-3-1-4-8-23)25-11-13-26(14-12-25)32(24-9-5-2-6-10-24)28-17-21-30(34)22-18-28/h1-22,31-34H. The van der Waals surface area contributed by atoms with Crippen molar-refractivity contribution in [2.45, 2.75) is 11.8 Å². The van der Waals surface area contributed by atoms with Gasteiger partial charge in [0.1, 0.15) is 11.5 Å². The molecule has 2 unspecified atom stereocenters. The van der Waals surface area contributed by atoms with Gasteiger partial charge in [0.15, 0.2) is 0 Å². The number of rotatable bonds is 6. The van der Waals surface area contributed by atoms with E-state index in [0.717, 1.165) is 11.1 Å². The molecule has 166 valence electrons. The Morgan fingerprint density at radius 1 is 0.294 bits per heavy atom. The summed E-state index contributed by atoms with van der Waals surface area (Å²) in [6.45, 7) is 0. The molecule has 2 N–H and O–H groups in total. The first-order chi connectivity index (χ1) is 16.7. The molecule has 5 aromatic rings. The third kappa shape index (κ3) is 4.57. The minimum Gasteiger partial charge on any atom is -0.508 e. The maximum absolute atomic E-state index is 9.80. The molecule has 5 rings (SSSR count). The van der Waals surface area contributed by atoms with Gasteiger partial charge >= 0.3 is 0 Å². The van der Waals surface area contributed by atoms with Crippen LogP contribution in [0.2, 0.25) is 0 Å². The van der Waals surface area contributed by atoms with Crippen LogP contribution in [-0.2, 0) is 0 Å². The van der Waals surface area contributed by atoms with Crippen LogP contribution in [-0.4, -0.2) is 10.2 Å². The van der Waals surface area contributed by atoms with Gasteiger partial charge in [0.25, 0.3) is 0 Å². The van der Waals surface area contributed by atoms with E-state index in [2.05, 4.69) is 72.8 Å². The minimum absolute atomic E-state index is 0.0692. The van der Waals surface area contributed by atoms with Crippen LogP contribution in [0.3, 0.4) is 0 Å². The van der Waals surface area contributed by atoms with Crippen LogP contribution >= 0.6 is 0 Å². The molecule has 2 nitrogen and oxygen atoms in total. The van der Waals surface area contributed by atoms with Gasteiger partial charge in [-0.2, -0.15) is 0 Å². The average Bonchev–Trinajstić information content (AvgIpc) is 2.89. The Morgan fingerprint density at radius 2 is 0.529 bits per heavy atom. The molecule has 0 spiro atoms. The van der Waals surface area contributed by atoms with Gasteiger partial charge in [0, 0.05) is 11.8 Å². The smallest absolute Gasteiger partial charge is 0.115 e. The lowest BCUT2D eigenvalue weighted by molar-refractivity contribution is 0.474. The molecule has 2 atom stereocenters. The van der Waals surface area contributed by atoms with Gasteiger partial charge < -0.3 is 10.2 Å². The SMILES string of the molecule is Oc1ccc(C(c2ccccc2)c2ccc(C(c3ccccc3)c3ccc(O)cc3)cc2)cc1. The van der Waals surface area contributed by atoms with Gasteiger partial charge in [-0.1, -0.05) is 109 Å². The molecule has 0 saturated heterocycles. The largest absolute Gasteiger partial charge is 0.508 e. The second kappa shape index (κ2) is 9.68. The van der Waals surface area contributed by atoms with Crippen LogP contribution in [0.5, 0.6) is 11.5 Å². The van der Waals surface area contributed by atoms with E-state index in [1.807, 2.05) is 36.4 Å². The lowest BCUT2D eigenvalue weighted by Gasteiger charge is -2.22. The van der Waals surface area contributed by atoms with E-state index in [9.17, 15) is 10.2 Å². The fourth-order valence-electron chi connectivity index (χ4n) is 4.66. The Hall–Kier alpha value is -4.30. The summed E-state index contributed by atoms with van der Waals surface area (Å²) in [6, 6.07) is 44.7. The summed E-state index contributed by atoms with van der Waals surface area (Å²) in [7, 11) is 0. The van der Waals surface area contributed by atoms with Gasteiger partial charge in [-0.3, -0.25) is 0 Å². The summed E-state index contributed by atoms with van der Waals surface area (Å²) in [5.41, 5.74) is 7.07. The van der Waals surface area contributed by atoms with Gasteiger partial charge in [-0.25, -0.2) is 0 Å². The highest BCUT2D eigenvalue weighted by molar-refractivity contribution is 5.48. The van der Waals surface area contributed by atoms with Gasteiger partial charge in [-0.15, -0.1) is 0 Å². The van der Waals surface area contributed by atoms with Crippen molar-refractivity contribution in [1.82, 2.24) is 0 Å². The molecular weight excluding hydrogens is 416 g/mol. The molecular formula is C32H26O2. The fraction of sp³-hybridized carbons (Fsp3) is 0.0625. The van der Waals surface area contributed by atoms with Crippen molar-refractivity contribution in [3.05, 3.63) is 167 Å². The molecule has 0 aliphatic heterocycles. The molecule has 2 heteroatoms. The Labute approximate surface area is 200 Å². The number of hydrogen-bond donors (Lipinski definition) is 2. The summed E-state index contributed by atoms with van der Waals surface area (Å²) in [4.78, 5) is 0. The predicted octanol–water partition coefficient (Wildman–Crippen LogP) is 7.46. The van der Waals surface area contributed by atoms with Crippen LogP contribution in [0.15, 0.2) is 133 Å². The lowest BCUT2D eigenvalue weighted by Crippen LogP contribution is -2.06. The Bertz CT molecular complexity index is 1220. The fourth-order valence-corrected chi connectivity index (χ4v) is 4.66. The molecule has 0 aliphatic rings. The first kappa shape index (κ1) is 21.5. The van der Waals surface area contributed by atoms with Crippen molar-refractivity contribution in [2.24, 2.45) is 0 Å². The molecule has 5 aromatic carbocycles. The van der Waals surface area contributed by atoms with Crippen LogP contribution in [0.25, 0.3) is 0 Å². The molecule has 0 aromatic heterocycles. The van der Waals surface area contributed by atoms with Gasteiger partial charge in [0.2, 0.25) is 0 Å². The number of phenols is 2. The highest BCUT2D eigenvalue weighted by Crippen LogP contribution is 2.36. The zero-order valence-electron chi connectivity index (χ0n) is 18.8. The van der Waals surface area contributed by atoms with E-state index in [-0.39, 0.29) is 23.3 Å². The Kier molecular flexibility index (Phi) is 6.13. The molecule has 34 heavy (non-hydrogen) atoms. The molecule has 0 saturated carbocycles. The molecule has 0 amide bonds. The minimum atomic E-state index is 0.0692. The van der Waals surface area contributed by atoms with Crippen LogP contribution in [0.1, 0.15) is 45.2 Å². The first-order valence-electron chi connectivity index (χ1n) is 11.5. The van der Waals surface area contributed by atoms with E-state index in [4.69, 9.17) is 0 Å². The second-order valence-corrected chi connectivity index (χ2v) is 8.54. The quantitative estimate of drug-likeness (QED) is 0.268. The second-order valence-electron chi connectivity index (χ2n) is 8.54. The maximum Gasteiger partial charge on any atom is 0.115 e. The number of benzene rings is 5. The molecule has 0 radical (unpaired) electrons. The van der Waals surface area contributed by atoms with Crippen molar-refractivity contribution in [1.29, 1.82) is 0 Å². The highest BCUT2D eigenvalue weighted by atomic mass is 16.3. The topological polar surface area (TPSA) is 40.5 Å². The summed E-state index contributed by atoms with van der Waals surface area (Å²) >= 11 is 0. The number of phenolic OH excluding ortho intramolecular Hbond substituents is 2. The lowest BCUT2D eigenvalue weighted by atomic mass is 9.82. The number of aromatic hydroxyl groups is 2. The first-order valence-corrected chi connectivity index (χ1v) is 11.5. The molecule has 0 bridgehead atoms. The van der Waals surface area contributed by atoms with E-state index in [0.29, 0.717) is 0 Å². The van der Waals surface area contributed by atoms with Gasteiger partial charge in [-0.05, 0) is 57.6 Å². The molecule has 0 fully saturated rings. The van der Waals surface area contributed by atoms with E-state index in [1.54, 1.807) is 24.3 Å². The van der Waals surface area contributed by atoms with Crippen molar-refractivity contribution in [3.8, 4) is 11.5 Å². The molecule has 0 aliphatic carbocycles. The van der Waals surface area contributed by atoms with Crippen LogP contribution < -0.4 is 0 Å². The highest BCUT2D eigenvalue weighted by Gasteiger charge is 2.20. The predicted molar refractivity (Wildman–Crippen MR) is 137 cm³/mol. The van der Waals surface area contributed by atoms with Crippen LogP contribution in [0, 0.1) is 0 Å². The third-order valence-corrected chi connectivity index (χ3v) is 6.32. The zero-order valence-corrected chi connectivity index (χ0v) is 18.8. The van der Waals surface area contributed by atoms with Crippen molar-refractivity contribution in [2.75, 3.05) is 0 Å². The van der Waals surface area contributed by atoms with E-state index < -0.39 is 0 Å². The summed E-state index contributed by atoms with van der Waals surface area (Å²) in [5, 5.41) is 19.6. The monoisotopic (exact) mass is 442 g/mol. The van der Waals surface area contributed by atoms with Crippen molar-refractivity contribution in [3.63, 3.8) is 0 Å². The summed E-state index contributed by atoms with van der Waals surface area (Å²) in [6.07, 6.45) is 0. The average molecular weight is 443 g/mol. The summed E-state index contributed by atoms with van der Waals surface area (Å²) in [5.74, 6) is 0.676. The zero-order chi connectivity index (χ0) is 23.3. The van der Waals surface area contributed by atoms with Crippen molar-refractivity contribution >= 4 is 0 Å². The maximum atomic E-state index is 9.80. The van der Waals surface area contributed by atoms with Crippen molar-refractivity contribution < 1.29 is 10.2 Å². The third-order valence-electron chi connectivity index (χ3n) is 6.32. The number of hydrogen-bond acceptors (Lipinski definition) is 2. The Morgan fingerprint density at radius 3 is 0.824 bits per heavy atom. The van der Waals surface area contributed by atoms with E-state index >= 15 is 0 Å².